The number of allylic oxidation sites excluding steroid dienone is 3. The summed E-state index contributed by atoms with van der Waals surface area (Å²) in [6.45, 7) is 4.27. The summed E-state index contributed by atoms with van der Waals surface area (Å²) in [5.74, 6) is -0.214. The third-order valence-corrected chi connectivity index (χ3v) is 2.87. The van der Waals surface area contributed by atoms with Gasteiger partial charge in [0.15, 0.2) is 0 Å². The minimum atomic E-state index is -0.214. The molecule has 1 saturated carbocycles. The molecule has 16 heavy (non-hydrogen) atoms. The standard InChI is InChI=1S/C14H22O2/c1-3-16-14(15)11-12(2)7-6-10-13-8-4-5-9-13/h10-11H,3-9H2,1-2H3/b12-11-. The topological polar surface area (TPSA) is 26.3 Å². The molecule has 2 nitrogen and oxygen atoms in total. The molecule has 0 radical (unpaired) electrons. The van der Waals surface area contributed by atoms with E-state index >= 15 is 0 Å². The Balaban J connectivity index is 2.25. The second-order valence-electron chi connectivity index (χ2n) is 4.35. The Hall–Kier alpha value is -1.05. The van der Waals surface area contributed by atoms with E-state index in [9.17, 15) is 4.79 Å². The highest BCUT2D eigenvalue weighted by Gasteiger charge is 2.05. The lowest BCUT2D eigenvalue weighted by molar-refractivity contribution is -0.137. The maximum absolute atomic E-state index is 11.2. The van der Waals surface area contributed by atoms with E-state index < -0.39 is 0 Å². The highest BCUT2D eigenvalue weighted by molar-refractivity contribution is 5.82. The van der Waals surface area contributed by atoms with E-state index in [1.54, 1.807) is 11.6 Å². The monoisotopic (exact) mass is 222 g/mol. The van der Waals surface area contributed by atoms with Crippen LogP contribution in [-0.4, -0.2) is 12.6 Å². The first-order valence-corrected chi connectivity index (χ1v) is 6.24. The summed E-state index contributed by atoms with van der Waals surface area (Å²) in [6.07, 6.45) is 11.2. The molecule has 0 amide bonds. The van der Waals surface area contributed by atoms with Crippen LogP contribution in [0.5, 0.6) is 0 Å². The number of ether oxygens (including phenoxy) is 1. The summed E-state index contributed by atoms with van der Waals surface area (Å²) in [5, 5.41) is 0. The highest BCUT2D eigenvalue weighted by Crippen LogP contribution is 2.24. The Labute approximate surface area is 98.4 Å². The second kappa shape index (κ2) is 7.26. The van der Waals surface area contributed by atoms with Gasteiger partial charge in [-0.1, -0.05) is 17.2 Å². The SMILES string of the molecule is CCOC(=O)/C=C(/C)CCC=C1CCCC1. The van der Waals surface area contributed by atoms with Crippen molar-refractivity contribution in [2.45, 2.75) is 52.4 Å². The zero-order chi connectivity index (χ0) is 11.8. The highest BCUT2D eigenvalue weighted by atomic mass is 16.5. The molecule has 0 heterocycles. The Kier molecular flexibility index (Phi) is 5.91. The summed E-state index contributed by atoms with van der Waals surface area (Å²) in [6, 6.07) is 0. The fourth-order valence-electron chi connectivity index (χ4n) is 1.99. The summed E-state index contributed by atoms with van der Waals surface area (Å²) >= 11 is 0. The van der Waals surface area contributed by atoms with Gasteiger partial charge in [0.2, 0.25) is 0 Å². The molecular weight excluding hydrogens is 200 g/mol. The zero-order valence-electron chi connectivity index (χ0n) is 10.4. The van der Waals surface area contributed by atoms with Gasteiger partial charge in [-0.15, -0.1) is 0 Å². The van der Waals surface area contributed by atoms with Gasteiger partial charge < -0.3 is 4.74 Å². The Bertz CT molecular complexity index is 279. The van der Waals surface area contributed by atoms with Gasteiger partial charge in [0.1, 0.15) is 0 Å². The first kappa shape index (κ1) is 13.0. The molecule has 0 N–H and O–H groups in total. The number of hydrogen-bond donors (Lipinski definition) is 0. The third-order valence-electron chi connectivity index (χ3n) is 2.87. The second-order valence-corrected chi connectivity index (χ2v) is 4.35. The Morgan fingerprint density at radius 3 is 2.69 bits per heavy atom. The predicted molar refractivity (Wildman–Crippen MR) is 66.2 cm³/mol. The fraction of sp³-hybridized carbons (Fsp3) is 0.643. The largest absolute Gasteiger partial charge is 0.463 e. The Morgan fingerprint density at radius 1 is 1.38 bits per heavy atom. The third kappa shape index (κ3) is 5.15. The summed E-state index contributed by atoms with van der Waals surface area (Å²) < 4.78 is 4.86. The quantitative estimate of drug-likeness (QED) is 0.402. The van der Waals surface area contributed by atoms with Crippen molar-refractivity contribution in [1.82, 2.24) is 0 Å². The van der Waals surface area contributed by atoms with Crippen molar-refractivity contribution in [3.63, 3.8) is 0 Å². The smallest absolute Gasteiger partial charge is 0.330 e. The van der Waals surface area contributed by atoms with Crippen molar-refractivity contribution < 1.29 is 9.53 Å². The van der Waals surface area contributed by atoms with E-state index in [4.69, 9.17) is 4.74 Å². The molecule has 0 bridgehead atoms. The van der Waals surface area contributed by atoms with Gasteiger partial charge in [0.05, 0.1) is 6.61 Å². The molecule has 1 rings (SSSR count). The van der Waals surface area contributed by atoms with E-state index in [-0.39, 0.29) is 5.97 Å². The van der Waals surface area contributed by atoms with Crippen LogP contribution < -0.4 is 0 Å². The fourth-order valence-corrected chi connectivity index (χ4v) is 1.99. The van der Waals surface area contributed by atoms with Crippen LogP contribution in [0, 0.1) is 0 Å². The van der Waals surface area contributed by atoms with Gasteiger partial charge in [-0.2, -0.15) is 0 Å². The van der Waals surface area contributed by atoms with Crippen molar-refractivity contribution in [2.75, 3.05) is 6.61 Å². The molecule has 2 heteroatoms. The van der Waals surface area contributed by atoms with Gasteiger partial charge in [0.25, 0.3) is 0 Å². The molecule has 90 valence electrons. The predicted octanol–water partition coefficient (Wildman–Crippen LogP) is 3.78. The minimum absolute atomic E-state index is 0.214. The Morgan fingerprint density at radius 2 is 2.06 bits per heavy atom. The molecule has 0 saturated heterocycles. The van der Waals surface area contributed by atoms with Gasteiger partial charge in [-0.3, -0.25) is 0 Å². The average Bonchev–Trinajstić information content (AvgIpc) is 2.70. The van der Waals surface area contributed by atoms with E-state index in [1.807, 2.05) is 13.8 Å². The van der Waals surface area contributed by atoms with E-state index in [0.717, 1.165) is 18.4 Å². The molecule has 0 aliphatic heterocycles. The lowest BCUT2D eigenvalue weighted by Gasteiger charge is -2.00. The summed E-state index contributed by atoms with van der Waals surface area (Å²) in [7, 11) is 0. The molecule has 1 aliphatic carbocycles. The minimum Gasteiger partial charge on any atom is -0.463 e. The molecule has 0 aromatic carbocycles. The molecule has 0 aromatic heterocycles. The van der Waals surface area contributed by atoms with Crippen LogP contribution in [0.3, 0.4) is 0 Å². The van der Waals surface area contributed by atoms with Crippen LogP contribution in [-0.2, 0) is 9.53 Å². The first-order valence-electron chi connectivity index (χ1n) is 6.24. The van der Waals surface area contributed by atoms with Crippen molar-refractivity contribution >= 4 is 5.97 Å². The van der Waals surface area contributed by atoms with Crippen LogP contribution in [0.4, 0.5) is 0 Å². The number of esters is 1. The summed E-state index contributed by atoms with van der Waals surface area (Å²) in [5.41, 5.74) is 2.71. The maximum atomic E-state index is 11.2. The number of rotatable bonds is 5. The lowest BCUT2D eigenvalue weighted by atomic mass is 10.1. The van der Waals surface area contributed by atoms with Crippen LogP contribution >= 0.6 is 0 Å². The summed E-state index contributed by atoms with van der Waals surface area (Å²) in [4.78, 5) is 11.2. The lowest BCUT2D eigenvalue weighted by Crippen LogP contribution is -2.00. The van der Waals surface area contributed by atoms with Crippen LogP contribution in [0.15, 0.2) is 23.3 Å². The van der Waals surface area contributed by atoms with Crippen LogP contribution in [0.25, 0.3) is 0 Å². The van der Waals surface area contributed by atoms with Gasteiger partial charge in [0, 0.05) is 6.08 Å². The molecule has 0 atom stereocenters. The van der Waals surface area contributed by atoms with Gasteiger partial charge in [-0.25, -0.2) is 4.79 Å². The van der Waals surface area contributed by atoms with Crippen LogP contribution in [0.2, 0.25) is 0 Å². The molecule has 1 aliphatic rings. The average molecular weight is 222 g/mol. The zero-order valence-corrected chi connectivity index (χ0v) is 10.4. The maximum Gasteiger partial charge on any atom is 0.330 e. The van der Waals surface area contributed by atoms with Crippen molar-refractivity contribution in [3.05, 3.63) is 23.3 Å². The molecular formula is C14H22O2. The molecule has 0 spiro atoms. The molecule has 0 unspecified atom stereocenters. The normalized spacial score (nSPS) is 16.4. The number of hydrogen-bond acceptors (Lipinski definition) is 2. The van der Waals surface area contributed by atoms with E-state index in [2.05, 4.69) is 6.08 Å². The molecule has 0 aromatic rings. The van der Waals surface area contributed by atoms with Crippen molar-refractivity contribution in [3.8, 4) is 0 Å². The van der Waals surface area contributed by atoms with Crippen molar-refractivity contribution in [2.24, 2.45) is 0 Å². The van der Waals surface area contributed by atoms with Gasteiger partial charge >= 0.3 is 5.97 Å². The van der Waals surface area contributed by atoms with Crippen molar-refractivity contribution in [1.29, 1.82) is 0 Å². The van der Waals surface area contributed by atoms with Crippen LogP contribution in [0.1, 0.15) is 52.4 Å². The first-order chi connectivity index (χ1) is 7.72. The van der Waals surface area contributed by atoms with Gasteiger partial charge in [-0.05, 0) is 52.4 Å². The molecule has 1 fully saturated rings. The number of carbonyl (C=O) groups is 1. The van der Waals surface area contributed by atoms with E-state index in [0.29, 0.717) is 6.61 Å². The van der Waals surface area contributed by atoms with E-state index in [1.165, 1.54) is 25.7 Å². The number of carbonyl (C=O) groups excluding carboxylic acids is 1.